The fourth-order valence-corrected chi connectivity index (χ4v) is 4.56. The van der Waals surface area contributed by atoms with Crippen molar-refractivity contribution >= 4 is 39.9 Å². The zero-order chi connectivity index (χ0) is 23.7. The lowest BCUT2D eigenvalue weighted by molar-refractivity contribution is -0.132. The number of carbonyl (C=O) groups excluding carboxylic acids is 3. The second kappa shape index (κ2) is 8.91. The van der Waals surface area contributed by atoms with Gasteiger partial charge in [0.1, 0.15) is 28.2 Å². The second-order valence-electron chi connectivity index (χ2n) is 7.04. The van der Waals surface area contributed by atoms with Gasteiger partial charge in [-0.2, -0.15) is 0 Å². The number of aliphatic hydroxyl groups is 1. The molecule has 170 valence electrons. The van der Waals surface area contributed by atoms with Gasteiger partial charge >= 0.3 is 11.9 Å². The average molecular weight is 468 g/mol. The number of aromatic nitrogens is 1. The molecule has 33 heavy (non-hydrogen) atoms. The Hall–Kier alpha value is -3.92. The predicted octanol–water partition coefficient (Wildman–Crippen LogP) is 3.86. The Balaban J connectivity index is 1.85. The third-order valence-electron chi connectivity index (χ3n) is 5.06. The van der Waals surface area contributed by atoms with Crippen LogP contribution in [0.5, 0.6) is 5.75 Å². The number of nitrogens with zero attached hydrogens (tertiary/aromatic N) is 2. The zero-order valence-corrected chi connectivity index (χ0v) is 18.8. The molecule has 1 aliphatic heterocycles. The van der Waals surface area contributed by atoms with Crippen LogP contribution >= 0.6 is 11.3 Å². The van der Waals surface area contributed by atoms with E-state index >= 15 is 0 Å². The van der Waals surface area contributed by atoms with Gasteiger partial charge in [0.25, 0.3) is 5.78 Å². The van der Waals surface area contributed by atoms with Crippen molar-refractivity contribution in [3.8, 4) is 5.75 Å². The Kier molecular flexibility index (Phi) is 6.01. The van der Waals surface area contributed by atoms with E-state index < -0.39 is 23.7 Å². The molecule has 0 aliphatic carbocycles. The molecule has 2 aromatic heterocycles. The fraction of sp³-hybridized carbons (Fsp3) is 0.217. The smallest absolute Gasteiger partial charge is 0.350 e. The van der Waals surface area contributed by atoms with Crippen molar-refractivity contribution in [3.05, 3.63) is 70.1 Å². The lowest BCUT2D eigenvalue weighted by atomic mass is 9.99. The number of methoxy groups -OCH3 is 1. The average Bonchev–Trinajstić information content (AvgIpc) is 3.53. The summed E-state index contributed by atoms with van der Waals surface area (Å²) in [5, 5.41) is 11.2. The van der Waals surface area contributed by atoms with Crippen molar-refractivity contribution in [2.24, 2.45) is 0 Å². The number of benzene rings is 1. The Bertz CT molecular complexity index is 1240. The van der Waals surface area contributed by atoms with Crippen LogP contribution in [-0.4, -0.2) is 41.5 Å². The van der Waals surface area contributed by atoms with Crippen molar-refractivity contribution in [1.82, 2.24) is 4.98 Å². The molecule has 3 aromatic rings. The minimum Gasteiger partial charge on any atom is -0.507 e. The van der Waals surface area contributed by atoms with Crippen molar-refractivity contribution in [2.45, 2.75) is 19.9 Å². The zero-order valence-electron chi connectivity index (χ0n) is 18.0. The van der Waals surface area contributed by atoms with Crippen LogP contribution in [0.15, 0.2) is 52.7 Å². The van der Waals surface area contributed by atoms with Crippen LogP contribution in [0, 0.1) is 6.92 Å². The number of Topliss-reactive ketones (excluding diaryl/α,β-unsaturated/α-hetero) is 1. The molecule has 10 heteroatoms. The number of hydrogen-bond acceptors (Lipinski definition) is 9. The summed E-state index contributed by atoms with van der Waals surface area (Å²) in [5.74, 6) is -1.89. The van der Waals surface area contributed by atoms with Crippen molar-refractivity contribution in [2.75, 3.05) is 18.6 Å². The number of hydrogen-bond donors (Lipinski definition) is 1. The Morgan fingerprint density at radius 2 is 1.97 bits per heavy atom. The molecular weight excluding hydrogens is 448 g/mol. The van der Waals surface area contributed by atoms with E-state index in [2.05, 4.69) is 4.98 Å². The molecule has 1 aliphatic rings. The van der Waals surface area contributed by atoms with Gasteiger partial charge in [0.2, 0.25) is 0 Å². The Morgan fingerprint density at radius 1 is 1.24 bits per heavy atom. The molecule has 1 fully saturated rings. The molecule has 1 unspecified atom stereocenters. The van der Waals surface area contributed by atoms with E-state index in [1.54, 1.807) is 43.3 Å². The molecular formula is C23H20N2O7S. The standard InChI is InChI=1S/C23H20N2O7S/c1-4-31-14-9-7-13(8-10-14)18(26)16-17(15-6-5-11-32-15)25(21(28)19(16)27)23-24-12(2)20(33-23)22(29)30-3/h5-11,17,26H,4H2,1-3H3. The summed E-state index contributed by atoms with van der Waals surface area (Å²) < 4.78 is 15.7. The van der Waals surface area contributed by atoms with Crippen LogP contribution in [-0.2, 0) is 14.3 Å². The fourth-order valence-electron chi connectivity index (χ4n) is 3.54. The Morgan fingerprint density at radius 3 is 2.58 bits per heavy atom. The highest BCUT2D eigenvalue weighted by Crippen LogP contribution is 2.44. The lowest BCUT2D eigenvalue weighted by Crippen LogP contribution is -2.29. The van der Waals surface area contributed by atoms with Gasteiger partial charge in [0.05, 0.1) is 31.2 Å². The lowest BCUT2D eigenvalue weighted by Gasteiger charge is -2.20. The summed E-state index contributed by atoms with van der Waals surface area (Å²) in [6.07, 6.45) is 1.40. The topological polar surface area (TPSA) is 119 Å². The number of aryl methyl sites for hydroxylation is 1. The van der Waals surface area contributed by atoms with Crippen LogP contribution < -0.4 is 9.64 Å². The van der Waals surface area contributed by atoms with Crippen LogP contribution in [0.4, 0.5) is 5.13 Å². The van der Waals surface area contributed by atoms with E-state index in [0.29, 0.717) is 23.6 Å². The van der Waals surface area contributed by atoms with Crippen molar-refractivity contribution in [1.29, 1.82) is 0 Å². The van der Waals surface area contributed by atoms with Gasteiger partial charge in [-0.15, -0.1) is 0 Å². The van der Waals surface area contributed by atoms with Gasteiger partial charge in [0, 0.05) is 5.56 Å². The summed E-state index contributed by atoms with van der Waals surface area (Å²) in [4.78, 5) is 43.8. The summed E-state index contributed by atoms with van der Waals surface area (Å²) in [5.41, 5.74) is 0.540. The molecule has 1 amide bonds. The maximum absolute atomic E-state index is 13.1. The van der Waals surface area contributed by atoms with E-state index in [1.165, 1.54) is 13.4 Å². The second-order valence-corrected chi connectivity index (χ2v) is 8.02. The number of aliphatic hydroxyl groups excluding tert-OH is 1. The van der Waals surface area contributed by atoms with Gasteiger partial charge in [0.15, 0.2) is 5.13 Å². The number of anilines is 1. The number of carbonyl (C=O) groups is 3. The van der Waals surface area contributed by atoms with Crippen LogP contribution in [0.25, 0.3) is 5.76 Å². The van der Waals surface area contributed by atoms with Crippen LogP contribution in [0.2, 0.25) is 0 Å². The van der Waals surface area contributed by atoms with Crippen LogP contribution in [0.3, 0.4) is 0 Å². The van der Waals surface area contributed by atoms with E-state index in [1.807, 2.05) is 6.92 Å². The molecule has 1 aromatic carbocycles. The molecule has 1 saturated heterocycles. The van der Waals surface area contributed by atoms with Crippen molar-refractivity contribution < 1.29 is 33.4 Å². The van der Waals surface area contributed by atoms with Gasteiger partial charge in [-0.3, -0.25) is 14.5 Å². The van der Waals surface area contributed by atoms with Crippen LogP contribution in [0.1, 0.15) is 39.7 Å². The first kappa shape index (κ1) is 22.3. The molecule has 0 bridgehead atoms. The van der Waals surface area contributed by atoms with E-state index in [9.17, 15) is 19.5 Å². The van der Waals surface area contributed by atoms with Gasteiger partial charge in [-0.05, 0) is 50.2 Å². The van der Waals surface area contributed by atoms with Gasteiger partial charge in [-0.1, -0.05) is 11.3 Å². The minimum atomic E-state index is -1.07. The van der Waals surface area contributed by atoms with E-state index in [-0.39, 0.29) is 27.1 Å². The maximum Gasteiger partial charge on any atom is 0.350 e. The summed E-state index contributed by atoms with van der Waals surface area (Å²) in [6, 6.07) is 8.64. The molecule has 4 rings (SSSR count). The maximum atomic E-state index is 13.1. The highest BCUT2D eigenvalue weighted by atomic mass is 32.1. The molecule has 0 radical (unpaired) electrons. The quantitative estimate of drug-likeness (QED) is 0.251. The number of thiazole rings is 1. The monoisotopic (exact) mass is 468 g/mol. The molecule has 1 N–H and O–H groups in total. The largest absolute Gasteiger partial charge is 0.507 e. The van der Waals surface area contributed by atoms with E-state index in [4.69, 9.17) is 13.9 Å². The first-order valence-electron chi connectivity index (χ1n) is 10.0. The normalized spacial score (nSPS) is 17.4. The Labute approximate surface area is 192 Å². The number of esters is 1. The molecule has 9 nitrogen and oxygen atoms in total. The summed E-state index contributed by atoms with van der Waals surface area (Å²) in [7, 11) is 1.24. The number of ether oxygens (including phenoxy) is 2. The predicted molar refractivity (Wildman–Crippen MR) is 119 cm³/mol. The van der Waals surface area contributed by atoms with Gasteiger partial charge in [-0.25, -0.2) is 9.78 Å². The number of ketones is 1. The molecule has 3 heterocycles. The third kappa shape index (κ3) is 3.89. The van der Waals surface area contributed by atoms with Crippen molar-refractivity contribution in [3.63, 3.8) is 0 Å². The highest BCUT2D eigenvalue weighted by Gasteiger charge is 2.49. The third-order valence-corrected chi connectivity index (χ3v) is 6.19. The first-order valence-corrected chi connectivity index (χ1v) is 10.8. The van der Waals surface area contributed by atoms with E-state index in [0.717, 1.165) is 16.2 Å². The molecule has 0 spiro atoms. The SMILES string of the molecule is CCOc1ccc(C(O)=C2C(=O)C(=O)N(c3nc(C)c(C(=O)OC)s3)C2c2ccco2)cc1. The highest BCUT2D eigenvalue weighted by molar-refractivity contribution is 7.17. The summed E-state index contributed by atoms with van der Waals surface area (Å²) >= 11 is 0.918. The number of furan rings is 1. The first-order chi connectivity index (χ1) is 15.9. The number of amides is 1. The molecule has 1 atom stereocenters. The number of rotatable bonds is 6. The minimum absolute atomic E-state index is 0.113. The summed E-state index contributed by atoms with van der Waals surface area (Å²) in [6.45, 7) is 3.94. The molecule has 0 saturated carbocycles. The van der Waals surface area contributed by atoms with Gasteiger partial charge < -0.3 is 19.0 Å².